The molecule has 1 saturated carbocycles. The Morgan fingerprint density at radius 2 is 2.13 bits per heavy atom. The molecule has 5 nitrogen and oxygen atoms in total. The van der Waals surface area contributed by atoms with E-state index in [0.29, 0.717) is 19.4 Å². The van der Waals surface area contributed by atoms with Gasteiger partial charge in [-0.2, -0.15) is 5.26 Å². The number of hydrogen-bond acceptors (Lipinski definition) is 3. The molecule has 2 amide bonds. The molecule has 0 spiro atoms. The first-order chi connectivity index (χ1) is 7.09. The first-order valence-corrected chi connectivity index (χ1v) is 5.01. The Hall–Kier alpha value is -1.57. The van der Waals surface area contributed by atoms with Gasteiger partial charge in [-0.15, -0.1) is 0 Å². The first kappa shape index (κ1) is 11.5. The minimum atomic E-state index is -0.829. The van der Waals surface area contributed by atoms with Crippen molar-refractivity contribution >= 4 is 11.8 Å². The van der Waals surface area contributed by atoms with Crippen molar-refractivity contribution in [1.29, 1.82) is 5.26 Å². The number of carbonyl (C=O) groups is 2. The average molecular weight is 209 g/mol. The van der Waals surface area contributed by atoms with Gasteiger partial charge in [0.1, 0.15) is 5.41 Å². The molecule has 0 aromatic carbocycles. The van der Waals surface area contributed by atoms with Gasteiger partial charge < -0.3 is 10.2 Å². The van der Waals surface area contributed by atoms with Gasteiger partial charge in [0, 0.05) is 13.6 Å². The van der Waals surface area contributed by atoms with Crippen LogP contribution in [-0.4, -0.2) is 36.9 Å². The van der Waals surface area contributed by atoms with Gasteiger partial charge in [0.05, 0.1) is 12.6 Å². The zero-order valence-corrected chi connectivity index (χ0v) is 9.04. The fourth-order valence-corrected chi connectivity index (χ4v) is 1.38. The zero-order valence-electron chi connectivity index (χ0n) is 9.04. The first-order valence-electron chi connectivity index (χ1n) is 5.01. The number of likely N-dealkylation sites (N-methyl/N-ethyl adjacent to an activating group) is 2. The van der Waals surface area contributed by atoms with Crippen LogP contribution in [0.5, 0.6) is 0 Å². The quantitative estimate of drug-likeness (QED) is 0.701. The fraction of sp³-hybridized carbons (Fsp3) is 0.700. The summed E-state index contributed by atoms with van der Waals surface area (Å²) >= 11 is 0. The monoisotopic (exact) mass is 209 g/mol. The van der Waals surface area contributed by atoms with Gasteiger partial charge >= 0.3 is 0 Å². The number of hydrogen-bond donors (Lipinski definition) is 1. The van der Waals surface area contributed by atoms with E-state index in [4.69, 9.17) is 5.26 Å². The minimum absolute atomic E-state index is 0.0370. The normalized spacial score (nSPS) is 16.3. The molecular formula is C10H15N3O2. The van der Waals surface area contributed by atoms with Crippen molar-refractivity contribution in [2.24, 2.45) is 5.41 Å². The molecule has 5 heteroatoms. The van der Waals surface area contributed by atoms with E-state index in [9.17, 15) is 9.59 Å². The van der Waals surface area contributed by atoms with E-state index < -0.39 is 5.41 Å². The summed E-state index contributed by atoms with van der Waals surface area (Å²) in [4.78, 5) is 24.4. The van der Waals surface area contributed by atoms with E-state index in [1.54, 1.807) is 6.92 Å². The van der Waals surface area contributed by atoms with E-state index in [0.717, 1.165) is 0 Å². The maximum absolute atomic E-state index is 11.9. The number of nitrogens with zero attached hydrogens (tertiary/aromatic N) is 2. The van der Waals surface area contributed by atoms with Crippen molar-refractivity contribution in [3.05, 3.63) is 0 Å². The fourth-order valence-electron chi connectivity index (χ4n) is 1.38. The van der Waals surface area contributed by atoms with Crippen LogP contribution in [0.4, 0.5) is 0 Å². The Morgan fingerprint density at radius 1 is 1.53 bits per heavy atom. The third-order valence-electron chi connectivity index (χ3n) is 2.66. The van der Waals surface area contributed by atoms with Crippen molar-refractivity contribution in [2.75, 3.05) is 20.1 Å². The van der Waals surface area contributed by atoms with E-state index in [1.807, 2.05) is 6.07 Å². The number of nitriles is 1. The molecule has 0 atom stereocenters. The van der Waals surface area contributed by atoms with Gasteiger partial charge in [-0.3, -0.25) is 9.59 Å². The second-order valence-corrected chi connectivity index (χ2v) is 3.69. The van der Waals surface area contributed by atoms with Crippen LogP contribution < -0.4 is 5.32 Å². The van der Waals surface area contributed by atoms with Crippen LogP contribution in [0.2, 0.25) is 0 Å². The summed E-state index contributed by atoms with van der Waals surface area (Å²) in [5.74, 6) is -0.421. The molecule has 1 rings (SSSR count). The molecule has 15 heavy (non-hydrogen) atoms. The Balaban J connectivity index is 2.64. The van der Waals surface area contributed by atoms with Crippen LogP contribution in [0, 0.1) is 16.7 Å². The lowest BCUT2D eigenvalue weighted by Crippen LogP contribution is -2.42. The van der Waals surface area contributed by atoms with E-state index in [1.165, 1.54) is 11.9 Å². The highest BCUT2D eigenvalue weighted by Gasteiger charge is 2.52. The maximum atomic E-state index is 11.9. The number of carbonyl (C=O) groups excluding carboxylic acids is 2. The predicted molar refractivity (Wildman–Crippen MR) is 53.6 cm³/mol. The van der Waals surface area contributed by atoms with Crippen LogP contribution in [0.15, 0.2) is 0 Å². The molecule has 0 aliphatic heterocycles. The van der Waals surface area contributed by atoms with Crippen LogP contribution >= 0.6 is 0 Å². The molecular weight excluding hydrogens is 194 g/mol. The van der Waals surface area contributed by atoms with E-state index in [2.05, 4.69) is 5.32 Å². The van der Waals surface area contributed by atoms with Crippen molar-refractivity contribution in [1.82, 2.24) is 10.2 Å². The topological polar surface area (TPSA) is 73.2 Å². The molecule has 1 fully saturated rings. The molecule has 1 aliphatic carbocycles. The number of amides is 2. The summed E-state index contributed by atoms with van der Waals surface area (Å²) in [7, 11) is 1.53. The molecule has 82 valence electrons. The third kappa shape index (κ3) is 2.27. The summed E-state index contributed by atoms with van der Waals surface area (Å²) in [6.45, 7) is 2.29. The third-order valence-corrected chi connectivity index (χ3v) is 2.66. The Bertz CT molecular complexity index is 315. The Morgan fingerprint density at radius 3 is 2.47 bits per heavy atom. The van der Waals surface area contributed by atoms with E-state index in [-0.39, 0.29) is 18.4 Å². The SMILES string of the molecule is CCN(CC(=O)NC)C(=O)C1(C#N)CC1. The smallest absolute Gasteiger partial charge is 0.243 e. The highest BCUT2D eigenvalue weighted by atomic mass is 16.2. The largest absolute Gasteiger partial charge is 0.358 e. The zero-order chi connectivity index (χ0) is 11.5. The van der Waals surface area contributed by atoms with Gasteiger partial charge in [0.15, 0.2) is 0 Å². The average Bonchev–Trinajstić information content (AvgIpc) is 3.05. The standard InChI is InChI=1S/C10H15N3O2/c1-3-13(6-8(14)12-2)9(15)10(7-11)4-5-10/h3-6H2,1-2H3,(H,12,14). The molecule has 1 aliphatic rings. The second kappa shape index (κ2) is 4.30. The summed E-state index contributed by atoms with van der Waals surface area (Å²) in [5, 5.41) is 11.3. The van der Waals surface area contributed by atoms with Gasteiger partial charge in [-0.05, 0) is 19.8 Å². The van der Waals surface area contributed by atoms with Crippen LogP contribution in [-0.2, 0) is 9.59 Å². The molecule has 0 saturated heterocycles. The minimum Gasteiger partial charge on any atom is -0.358 e. The molecule has 0 aromatic rings. The van der Waals surface area contributed by atoms with Crippen molar-refractivity contribution in [3.63, 3.8) is 0 Å². The Kier molecular flexibility index (Phi) is 3.30. The predicted octanol–water partition coefficient (Wildman–Crippen LogP) is -0.115. The van der Waals surface area contributed by atoms with Crippen LogP contribution in [0.1, 0.15) is 19.8 Å². The number of nitrogens with one attached hydrogen (secondary N) is 1. The molecule has 0 radical (unpaired) electrons. The lowest BCUT2D eigenvalue weighted by atomic mass is 10.1. The molecule has 1 N–H and O–H groups in total. The van der Waals surface area contributed by atoms with Crippen molar-refractivity contribution in [2.45, 2.75) is 19.8 Å². The summed E-state index contributed by atoms with van der Waals surface area (Å²) in [6.07, 6.45) is 1.24. The Labute approximate surface area is 89.0 Å². The summed E-state index contributed by atoms with van der Waals surface area (Å²) in [6, 6.07) is 2.04. The van der Waals surface area contributed by atoms with Crippen molar-refractivity contribution in [3.8, 4) is 6.07 Å². The molecule has 0 unspecified atom stereocenters. The van der Waals surface area contributed by atoms with E-state index >= 15 is 0 Å². The molecule has 0 heterocycles. The van der Waals surface area contributed by atoms with Gasteiger partial charge in [-0.1, -0.05) is 0 Å². The summed E-state index contributed by atoms with van der Waals surface area (Å²) in [5.41, 5.74) is -0.829. The highest BCUT2D eigenvalue weighted by Crippen LogP contribution is 2.46. The van der Waals surface area contributed by atoms with Gasteiger partial charge in [0.2, 0.25) is 11.8 Å². The lowest BCUT2D eigenvalue weighted by Gasteiger charge is -2.21. The molecule has 0 bridgehead atoms. The second-order valence-electron chi connectivity index (χ2n) is 3.69. The summed E-state index contributed by atoms with van der Waals surface area (Å²) < 4.78 is 0. The number of rotatable bonds is 4. The van der Waals surface area contributed by atoms with Crippen molar-refractivity contribution < 1.29 is 9.59 Å². The van der Waals surface area contributed by atoms with Crippen LogP contribution in [0.3, 0.4) is 0 Å². The highest BCUT2D eigenvalue weighted by molar-refractivity contribution is 5.91. The maximum Gasteiger partial charge on any atom is 0.243 e. The van der Waals surface area contributed by atoms with Gasteiger partial charge in [-0.25, -0.2) is 0 Å². The lowest BCUT2D eigenvalue weighted by molar-refractivity contribution is -0.138. The van der Waals surface area contributed by atoms with Crippen LogP contribution in [0.25, 0.3) is 0 Å². The molecule has 0 aromatic heterocycles. The van der Waals surface area contributed by atoms with Gasteiger partial charge in [0.25, 0.3) is 0 Å².